The SMILES string of the molecule is CCCNc1nc(NCC2CCN(CC)C2)nc(OC)n1. The van der Waals surface area contributed by atoms with Crippen molar-refractivity contribution in [3.63, 3.8) is 0 Å². The first-order chi connectivity index (χ1) is 10.2. The van der Waals surface area contributed by atoms with E-state index in [2.05, 4.69) is 44.3 Å². The molecule has 7 heteroatoms. The summed E-state index contributed by atoms with van der Waals surface area (Å²) in [5.74, 6) is 1.79. The lowest BCUT2D eigenvalue weighted by Gasteiger charge is -2.14. The first-order valence-electron chi connectivity index (χ1n) is 7.75. The van der Waals surface area contributed by atoms with Crippen molar-refractivity contribution in [1.82, 2.24) is 19.9 Å². The van der Waals surface area contributed by atoms with Gasteiger partial charge in [0.15, 0.2) is 0 Å². The maximum Gasteiger partial charge on any atom is 0.322 e. The van der Waals surface area contributed by atoms with Gasteiger partial charge in [0.1, 0.15) is 0 Å². The molecule has 0 aliphatic carbocycles. The summed E-state index contributed by atoms with van der Waals surface area (Å²) in [5.41, 5.74) is 0. The van der Waals surface area contributed by atoms with Gasteiger partial charge in [0, 0.05) is 19.6 Å². The van der Waals surface area contributed by atoms with Crippen LogP contribution < -0.4 is 15.4 Å². The molecule has 21 heavy (non-hydrogen) atoms. The fourth-order valence-corrected chi connectivity index (χ4v) is 2.45. The Morgan fingerprint density at radius 1 is 1.19 bits per heavy atom. The lowest BCUT2D eigenvalue weighted by atomic mass is 10.1. The molecule has 1 atom stereocenters. The van der Waals surface area contributed by atoms with Gasteiger partial charge in [0.2, 0.25) is 11.9 Å². The van der Waals surface area contributed by atoms with Crippen LogP contribution in [0.2, 0.25) is 0 Å². The molecule has 7 nitrogen and oxygen atoms in total. The minimum absolute atomic E-state index is 0.340. The van der Waals surface area contributed by atoms with Gasteiger partial charge in [0.25, 0.3) is 0 Å². The molecule has 1 fully saturated rings. The molecule has 2 rings (SSSR count). The van der Waals surface area contributed by atoms with Gasteiger partial charge in [-0.15, -0.1) is 0 Å². The van der Waals surface area contributed by atoms with E-state index in [-0.39, 0.29) is 0 Å². The highest BCUT2D eigenvalue weighted by atomic mass is 16.5. The molecule has 1 aliphatic rings. The number of hydrogen-bond acceptors (Lipinski definition) is 7. The van der Waals surface area contributed by atoms with Gasteiger partial charge in [-0.05, 0) is 31.8 Å². The van der Waals surface area contributed by atoms with Crippen molar-refractivity contribution in [2.45, 2.75) is 26.7 Å². The first kappa shape index (κ1) is 15.8. The topological polar surface area (TPSA) is 75.2 Å². The van der Waals surface area contributed by atoms with Crippen LogP contribution in [0.5, 0.6) is 6.01 Å². The summed E-state index contributed by atoms with van der Waals surface area (Å²) in [5, 5.41) is 6.48. The van der Waals surface area contributed by atoms with E-state index in [1.807, 2.05) is 0 Å². The van der Waals surface area contributed by atoms with Gasteiger partial charge < -0.3 is 20.3 Å². The molecule has 0 spiro atoms. The van der Waals surface area contributed by atoms with Gasteiger partial charge in [-0.3, -0.25) is 0 Å². The number of nitrogens with zero attached hydrogens (tertiary/aromatic N) is 4. The van der Waals surface area contributed by atoms with E-state index < -0.39 is 0 Å². The van der Waals surface area contributed by atoms with Crippen LogP contribution in [0.1, 0.15) is 26.7 Å². The third kappa shape index (κ3) is 4.70. The molecule has 0 amide bonds. The molecular formula is C14H26N6O. The zero-order valence-electron chi connectivity index (χ0n) is 13.2. The standard InChI is InChI=1S/C14H26N6O/c1-4-7-15-12-17-13(19-14(18-12)21-3)16-9-11-6-8-20(5-2)10-11/h11H,4-10H2,1-3H3,(H2,15,16,17,18,19). The maximum atomic E-state index is 5.13. The third-order valence-corrected chi connectivity index (χ3v) is 3.70. The Labute approximate surface area is 126 Å². The van der Waals surface area contributed by atoms with Crippen LogP contribution in [0, 0.1) is 5.92 Å². The van der Waals surface area contributed by atoms with Crippen molar-refractivity contribution in [2.24, 2.45) is 5.92 Å². The number of aromatic nitrogens is 3. The van der Waals surface area contributed by atoms with Crippen LogP contribution in [0.3, 0.4) is 0 Å². The molecule has 1 unspecified atom stereocenters. The van der Waals surface area contributed by atoms with E-state index in [4.69, 9.17) is 4.74 Å². The molecule has 1 aromatic heterocycles. The van der Waals surface area contributed by atoms with Crippen LogP contribution in [-0.2, 0) is 0 Å². The number of hydrogen-bond donors (Lipinski definition) is 2. The predicted octanol–water partition coefficient (Wildman–Crippen LogP) is 1.46. The quantitative estimate of drug-likeness (QED) is 0.751. The highest BCUT2D eigenvalue weighted by Crippen LogP contribution is 2.17. The number of anilines is 2. The molecule has 1 aliphatic heterocycles. The Morgan fingerprint density at radius 2 is 1.95 bits per heavy atom. The molecule has 0 aromatic carbocycles. The third-order valence-electron chi connectivity index (χ3n) is 3.70. The van der Waals surface area contributed by atoms with Crippen LogP contribution in [0.15, 0.2) is 0 Å². The Morgan fingerprint density at radius 3 is 2.57 bits per heavy atom. The van der Waals surface area contributed by atoms with E-state index in [0.29, 0.717) is 23.8 Å². The highest BCUT2D eigenvalue weighted by Gasteiger charge is 2.21. The van der Waals surface area contributed by atoms with E-state index >= 15 is 0 Å². The number of methoxy groups -OCH3 is 1. The summed E-state index contributed by atoms with van der Waals surface area (Å²) >= 11 is 0. The van der Waals surface area contributed by atoms with Gasteiger partial charge in [-0.25, -0.2) is 0 Å². The normalized spacial score (nSPS) is 18.7. The van der Waals surface area contributed by atoms with Crippen LogP contribution in [0.4, 0.5) is 11.9 Å². The lowest BCUT2D eigenvalue weighted by molar-refractivity contribution is 0.344. The highest BCUT2D eigenvalue weighted by molar-refractivity contribution is 5.35. The summed E-state index contributed by atoms with van der Waals surface area (Å²) < 4.78 is 5.13. The zero-order chi connectivity index (χ0) is 15.1. The van der Waals surface area contributed by atoms with Gasteiger partial charge in [-0.1, -0.05) is 13.8 Å². The molecule has 118 valence electrons. The number of rotatable bonds is 8. The predicted molar refractivity (Wildman–Crippen MR) is 83.9 cm³/mol. The number of likely N-dealkylation sites (tertiary alicyclic amines) is 1. The van der Waals surface area contributed by atoms with Crippen molar-refractivity contribution >= 4 is 11.9 Å². The minimum atomic E-state index is 0.340. The molecule has 1 aromatic rings. The van der Waals surface area contributed by atoms with Crippen molar-refractivity contribution in [2.75, 3.05) is 50.5 Å². The Kier molecular flexibility index (Phi) is 5.98. The van der Waals surface area contributed by atoms with Crippen molar-refractivity contribution in [1.29, 1.82) is 0 Å². The Balaban J connectivity index is 1.92. The Hall–Kier alpha value is -1.63. The second kappa shape index (κ2) is 7.97. The molecule has 2 heterocycles. The smallest absolute Gasteiger partial charge is 0.322 e. The average Bonchev–Trinajstić information content (AvgIpc) is 2.98. The largest absolute Gasteiger partial charge is 0.467 e. The molecule has 0 saturated carbocycles. The summed E-state index contributed by atoms with van der Waals surface area (Å²) in [6.07, 6.45) is 2.25. The van der Waals surface area contributed by atoms with Crippen LogP contribution in [-0.4, -0.2) is 59.7 Å². The molecule has 0 bridgehead atoms. The monoisotopic (exact) mass is 294 g/mol. The van der Waals surface area contributed by atoms with E-state index in [9.17, 15) is 0 Å². The summed E-state index contributed by atoms with van der Waals surface area (Å²) in [6.45, 7) is 9.49. The summed E-state index contributed by atoms with van der Waals surface area (Å²) in [7, 11) is 1.57. The van der Waals surface area contributed by atoms with Crippen LogP contribution in [0.25, 0.3) is 0 Å². The molecular weight excluding hydrogens is 268 g/mol. The molecule has 0 radical (unpaired) electrons. The summed E-state index contributed by atoms with van der Waals surface area (Å²) in [6, 6.07) is 0.340. The van der Waals surface area contributed by atoms with Crippen molar-refractivity contribution in [3.8, 4) is 6.01 Å². The number of ether oxygens (including phenoxy) is 1. The van der Waals surface area contributed by atoms with E-state index in [0.717, 1.165) is 32.6 Å². The van der Waals surface area contributed by atoms with E-state index in [1.54, 1.807) is 7.11 Å². The fraction of sp³-hybridized carbons (Fsp3) is 0.786. The molecule has 2 N–H and O–H groups in total. The van der Waals surface area contributed by atoms with Gasteiger partial charge in [0.05, 0.1) is 7.11 Å². The second-order valence-electron chi connectivity index (χ2n) is 5.32. The van der Waals surface area contributed by atoms with Crippen molar-refractivity contribution in [3.05, 3.63) is 0 Å². The van der Waals surface area contributed by atoms with Gasteiger partial charge in [-0.2, -0.15) is 15.0 Å². The lowest BCUT2D eigenvalue weighted by Crippen LogP contribution is -2.23. The van der Waals surface area contributed by atoms with Crippen molar-refractivity contribution < 1.29 is 4.74 Å². The second-order valence-corrected chi connectivity index (χ2v) is 5.32. The minimum Gasteiger partial charge on any atom is -0.467 e. The zero-order valence-corrected chi connectivity index (χ0v) is 13.2. The molecule has 1 saturated heterocycles. The fourth-order valence-electron chi connectivity index (χ4n) is 2.45. The van der Waals surface area contributed by atoms with Gasteiger partial charge >= 0.3 is 6.01 Å². The van der Waals surface area contributed by atoms with E-state index in [1.165, 1.54) is 13.0 Å². The summed E-state index contributed by atoms with van der Waals surface area (Å²) in [4.78, 5) is 15.3. The first-order valence-corrected chi connectivity index (χ1v) is 7.75. The number of nitrogens with one attached hydrogen (secondary N) is 2. The maximum absolute atomic E-state index is 5.13. The Bertz CT molecular complexity index is 441. The average molecular weight is 294 g/mol. The van der Waals surface area contributed by atoms with Crippen LogP contribution >= 0.6 is 0 Å².